The predicted octanol–water partition coefficient (Wildman–Crippen LogP) is 1.43. The van der Waals surface area contributed by atoms with Crippen LogP contribution in [0.15, 0.2) is 12.4 Å². The first kappa shape index (κ1) is 14.2. The fourth-order valence-electron chi connectivity index (χ4n) is 2.73. The van der Waals surface area contributed by atoms with E-state index >= 15 is 0 Å². The molecule has 0 spiro atoms. The molecule has 106 valence electrons. The zero-order valence-electron chi connectivity index (χ0n) is 12.5. The third-order valence-corrected chi connectivity index (χ3v) is 4.19. The van der Waals surface area contributed by atoms with Crippen LogP contribution in [0.3, 0.4) is 0 Å². The summed E-state index contributed by atoms with van der Waals surface area (Å²) in [5.41, 5.74) is 1.39. The molecule has 0 atom stereocenters. The summed E-state index contributed by atoms with van der Waals surface area (Å²) >= 11 is 0. The molecule has 19 heavy (non-hydrogen) atoms. The van der Waals surface area contributed by atoms with Gasteiger partial charge in [-0.15, -0.1) is 0 Å². The summed E-state index contributed by atoms with van der Waals surface area (Å²) in [6.45, 7) is 1.95. The Bertz CT molecular complexity index is 397. The summed E-state index contributed by atoms with van der Waals surface area (Å²) in [5, 5.41) is 2.99. The highest BCUT2D eigenvalue weighted by atomic mass is 15.2. The van der Waals surface area contributed by atoms with Gasteiger partial charge in [0.25, 0.3) is 0 Å². The molecule has 1 heterocycles. The maximum atomic E-state index is 4.43. The topological polar surface area (TPSA) is 44.3 Å². The molecule has 0 bridgehead atoms. The number of hydrogen-bond donors (Lipinski definition) is 1. The first-order chi connectivity index (χ1) is 9.05. The van der Waals surface area contributed by atoms with Gasteiger partial charge in [-0.2, -0.15) is 0 Å². The van der Waals surface area contributed by atoms with Crippen LogP contribution in [0.4, 0.5) is 5.82 Å². The van der Waals surface area contributed by atoms with Gasteiger partial charge in [0.1, 0.15) is 5.82 Å². The van der Waals surface area contributed by atoms with E-state index in [4.69, 9.17) is 0 Å². The average molecular weight is 263 g/mol. The van der Waals surface area contributed by atoms with E-state index in [0.29, 0.717) is 5.54 Å². The summed E-state index contributed by atoms with van der Waals surface area (Å²) in [4.78, 5) is 13.5. The van der Waals surface area contributed by atoms with Gasteiger partial charge in [-0.1, -0.05) is 0 Å². The maximum absolute atomic E-state index is 4.43. The van der Waals surface area contributed by atoms with Crippen molar-refractivity contribution in [1.29, 1.82) is 0 Å². The molecule has 0 unspecified atom stereocenters. The summed E-state index contributed by atoms with van der Waals surface area (Å²) in [5.74, 6) is 0.815. The lowest BCUT2D eigenvalue weighted by atomic mass is 9.75. The van der Waals surface area contributed by atoms with Crippen LogP contribution in [0.25, 0.3) is 0 Å². The monoisotopic (exact) mass is 263 g/mol. The number of nitrogens with one attached hydrogen (secondary N) is 1. The fraction of sp³-hybridized carbons (Fsp3) is 0.714. The maximum Gasteiger partial charge on any atom is 0.144 e. The predicted molar refractivity (Wildman–Crippen MR) is 78.2 cm³/mol. The molecule has 1 saturated carbocycles. The Labute approximate surface area is 116 Å². The first-order valence-electron chi connectivity index (χ1n) is 6.90. The van der Waals surface area contributed by atoms with Crippen LogP contribution in [-0.2, 0) is 6.54 Å². The van der Waals surface area contributed by atoms with Gasteiger partial charge in [-0.05, 0) is 40.4 Å². The summed E-state index contributed by atoms with van der Waals surface area (Å²) < 4.78 is 0. The van der Waals surface area contributed by atoms with Crippen molar-refractivity contribution in [1.82, 2.24) is 19.8 Å². The molecule has 5 heteroatoms. The van der Waals surface area contributed by atoms with Crippen molar-refractivity contribution in [3.05, 3.63) is 18.1 Å². The number of likely N-dealkylation sites (N-methyl/N-ethyl adjacent to an activating group) is 2. The van der Waals surface area contributed by atoms with Gasteiger partial charge < -0.3 is 10.2 Å². The molecule has 0 radical (unpaired) electrons. The van der Waals surface area contributed by atoms with Crippen LogP contribution >= 0.6 is 0 Å². The van der Waals surface area contributed by atoms with Crippen molar-refractivity contribution in [2.45, 2.75) is 31.3 Å². The third kappa shape index (κ3) is 3.22. The van der Waals surface area contributed by atoms with Crippen LogP contribution in [0.1, 0.15) is 25.0 Å². The number of hydrogen-bond acceptors (Lipinski definition) is 5. The standard InChI is InChI=1S/C14H25N5/c1-15-13-9-16-12(8-17-13)10-19(4)11-14(18(2)3)6-5-7-14/h8-9H,5-7,10-11H2,1-4H3,(H,15,17). The van der Waals surface area contributed by atoms with Crippen LogP contribution in [-0.4, -0.2) is 60.0 Å². The van der Waals surface area contributed by atoms with E-state index in [0.717, 1.165) is 24.6 Å². The molecule has 0 aliphatic heterocycles. The van der Waals surface area contributed by atoms with Crippen LogP contribution in [0.5, 0.6) is 0 Å². The minimum atomic E-state index is 0.368. The van der Waals surface area contributed by atoms with E-state index in [1.54, 1.807) is 6.20 Å². The lowest BCUT2D eigenvalue weighted by molar-refractivity contribution is 0.0256. The number of aromatic nitrogens is 2. The number of anilines is 1. The second kappa shape index (κ2) is 5.84. The Kier molecular flexibility index (Phi) is 4.37. The molecule has 0 amide bonds. The van der Waals surface area contributed by atoms with Gasteiger partial charge in [0.15, 0.2) is 0 Å². The van der Waals surface area contributed by atoms with E-state index in [-0.39, 0.29) is 0 Å². The van der Waals surface area contributed by atoms with E-state index in [1.165, 1.54) is 19.3 Å². The van der Waals surface area contributed by atoms with E-state index in [9.17, 15) is 0 Å². The summed E-state index contributed by atoms with van der Waals surface area (Å²) in [7, 11) is 8.40. The van der Waals surface area contributed by atoms with Gasteiger partial charge in [0, 0.05) is 25.7 Å². The molecule has 0 aromatic carbocycles. The van der Waals surface area contributed by atoms with Gasteiger partial charge in [0.05, 0.1) is 18.1 Å². The molecule has 0 saturated heterocycles. The van der Waals surface area contributed by atoms with Crippen molar-refractivity contribution in [2.75, 3.05) is 40.1 Å². The van der Waals surface area contributed by atoms with Gasteiger partial charge in [-0.25, -0.2) is 4.98 Å². The summed E-state index contributed by atoms with van der Waals surface area (Å²) in [6, 6.07) is 0. The quantitative estimate of drug-likeness (QED) is 0.841. The van der Waals surface area contributed by atoms with Crippen molar-refractivity contribution < 1.29 is 0 Å². The van der Waals surface area contributed by atoms with Gasteiger partial charge >= 0.3 is 0 Å². The second-order valence-electron chi connectivity index (χ2n) is 5.79. The Morgan fingerprint density at radius 2 is 1.95 bits per heavy atom. The first-order valence-corrected chi connectivity index (χ1v) is 6.90. The van der Waals surface area contributed by atoms with Gasteiger partial charge in [-0.3, -0.25) is 9.88 Å². The molecule has 1 aromatic rings. The van der Waals surface area contributed by atoms with Crippen molar-refractivity contribution in [3.8, 4) is 0 Å². The fourth-order valence-corrected chi connectivity index (χ4v) is 2.73. The Morgan fingerprint density at radius 1 is 1.21 bits per heavy atom. The summed E-state index contributed by atoms with van der Waals surface area (Å²) in [6.07, 6.45) is 7.59. The highest BCUT2D eigenvalue weighted by molar-refractivity contribution is 5.29. The molecule has 5 nitrogen and oxygen atoms in total. The minimum Gasteiger partial charge on any atom is -0.372 e. The Morgan fingerprint density at radius 3 is 2.37 bits per heavy atom. The van der Waals surface area contributed by atoms with Crippen LogP contribution < -0.4 is 5.32 Å². The SMILES string of the molecule is CNc1cnc(CN(C)CC2(N(C)C)CCC2)cn1. The number of nitrogens with zero attached hydrogens (tertiary/aromatic N) is 4. The zero-order chi connectivity index (χ0) is 13.9. The van der Waals surface area contributed by atoms with E-state index < -0.39 is 0 Å². The third-order valence-electron chi connectivity index (χ3n) is 4.19. The zero-order valence-corrected chi connectivity index (χ0v) is 12.5. The largest absolute Gasteiger partial charge is 0.372 e. The van der Waals surface area contributed by atoms with Crippen LogP contribution in [0.2, 0.25) is 0 Å². The molecular formula is C14H25N5. The van der Waals surface area contributed by atoms with Crippen molar-refractivity contribution >= 4 is 5.82 Å². The molecule has 1 N–H and O–H groups in total. The van der Waals surface area contributed by atoms with E-state index in [1.807, 2.05) is 13.2 Å². The highest BCUT2D eigenvalue weighted by Crippen LogP contribution is 2.36. The molecule has 1 aliphatic carbocycles. The Hall–Kier alpha value is -1.20. The second-order valence-corrected chi connectivity index (χ2v) is 5.79. The van der Waals surface area contributed by atoms with Crippen molar-refractivity contribution in [2.24, 2.45) is 0 Å². The number of rotatable bonds is 6. The lowest BCUT2D eigenvalue weighted by Gasteiger charge is -2.49. The van der Waals surface area contributed by atoms with Gasteiger partial charge in [0.2, 0.25) is 0 Å². The molecule has 2 rings (SSSR count). The molecule has 1 fully saturated rings. The molecule has 1 aliphatic rings. The van der Waals surface area contributed by atoms with Crippen LogP contribution in [0, 0.1) is 0 Å². The van der Waals surface area contributed by atoms with Crippen molar-refractivity contribution in [3.63, 3.8) is 0 Å². The minimum absolute atomic E-state index is 0.368. The highest BCUT2D eigenvalue weighted by Gasteiger charge is 2.39. The van der Waals surface area contributed by atoms with E-state index in [2.05, 4.69) is 46.2 Å². The smallest absolute Gasteiger partial charge is 0.144 e. The molecule has 1 aromatic heterocycles. The Balaban J connectivity index is 1.91. The average Bonchev–Trinajstić information content (AvgIpc) is 2.34. The normalized spacial score (nSPS) is 17.6. The lowest BCUT2D eigenvalue weighted by Crippen LogP contribution is -2.56. The molecular weight excluding hydrogens is 238 g/mol.